The quantitative estimate of drug-likeness (QED) is 0.554. The molecule has 0 aromatic heterocycles. The van der Waals surface area contributed by atoms with Gasteiger partial charge in [-0.05, 0) is 42.3 Å². The van der Waals surface area contributed by atoms with E-state index < -0.39 is 11.8 Å². The highest BCUT2D eigenvalue weighted by atomic mass is 16.5. The average Bonchev–Trinajstić information content (AvgIpc) is 3.08. The van der Waals surface area contributed by atoms with Crippen LogP contribution in [-0.2, 0) is 16.0 Å². The number of anilines is 2. The van der Waals surface area contributed by atoms with Crippen LogP contribution in [0.2, 0.25) is 0 Å². The maximum Gasteiger partial charge on any atom is 0.282 e. The number of aryl methyl sites for hydroxylation is 1. The summed E-state index contributed by atoms with van der Waals surface area (Å²) in [6.07, 6.45) is 0.911. The van der Waals surface area contributed by atoms with E-state index in [-0.39, 0.29) is 11.3 Å². The van der Waals surface area contributed by atoms with E-state index in [2.05, 4.69) is 12.2 Å². The van der Waals surface area contributed by atoms with Gasteiger partial charge in [0.05, 0.1) is 25.5 Å². The maximum atomic E-state index is 13.7. The van der Waals surface area contributed by atoms with Crippen molar-refractivity contribution in [2.24, 2.45) is 0 Å². The first-order valence-electron chi connectivity index (χ1n) is 10.3. The van der Waals surface area contributed by atoms with E-state index >= 15 is 0 Å². The first-order valence-corrected chi connectivity index (χ1v) is 10.3. The van der Waals surface area contributed by atoms with Crippen LogP contribution >= 0.6 is 0 Å². The number of nitrogens with one attached hydrogen (secondary N) is 1. The molecule has 4 rings (SSSR count). The molecule has 0 bridgehead atoms. The minimum Gasteiger partial charge on any atom is -0.496 e. The molecule has 6 nitrogen and oxygen atoms in total. The van der Waals surface area contributed by atoms with Crippen LogP contribution in [0.3, 0.4) is 0 Å². The molecule has 32 heavy (non-hydrogen) atoms. The molecule has 0 fully saturated rings. The lowest BCUT2D eigenvalue weighted by Crippen LogP contribution is -2.32. The van der Waals surface area contributed by atoms with E-state index in [1.165, 1.54) is 19.8 Å². The van der Waals surface area contributed by atoms with Gasteiger partial charge in [0.15, 0.2) is 0 Å². The Hall–Kier alpha value is -4.06. The second-order valence-corrected chi connectivity index (χ2v) is 7.24. The van der Waals surface area contributed by atoms with Gasteiger partial charge < -0.3 is 14.8 Å². The van der Waals surface area contributed by atoms with Crippen LogP contribution in [0.5, 0.6) is 11.5 Å². The van der Waals surface area contributed by atoms with Crippen LogP contribution in [0.1, 0.15) is 18.1 Å². The first kappa shape index (κ1) is 21.2. The number of benzene rings is 3. The predicted molar refractivity (Wildman–Crippen MR) is 125 cm³/mol. The molecule has 3 aromatic carbocycles. The number of amides is 2. The Morgan fingerprint density at radius 3 is 2.06 bits per heavy atom. The summed E-state index contributed by atoms with van der Waals surface area (Å²) in [4.78, 5) is 28.4. The number of hydrogen-bond acceptors (Lipinski definition) is 5. The zero-order chi connectivity index (χ0) is 22.7. The number of imide groups is 1. The summed E-state index contributed by atoms with van der Waals surface area (Å²) in [6.45, 7) is 2.08. The average molecular weight is 428 g/mol. The number of para-hydroxylation sites is 3. The summed E-state index contributed by atoms with van der Waals surface area (Å²) >= 11 is 0. The lowest BCUT2D eigenvalue weighted by atomic mass is 10.0. The van der Waals surface area contributed by atoms with Crippen molar-refractivity contribution in [3.63, 3.8) is 0 Å². The van der Waals surface area contributed by atoms with Gasteiger partial charge in [-0.3, -0.25) is 9.59 Å². The number of hydrogen-bond donors (Lipinski definition) is 1. The standard InChI is InChI=1S/C26H24N2O4/c1-4-17-13-15-18(16-14-17)27-24-23(19-9-5-7-11-21(19)31-2)25(29)28(26(24)30)20-10-6-8-12-22(20)32-3/h5-16,27H,4H2,1-3H3. The van der Waals surface area contributed by atoms with Crippen molar-refractivity contribution in [2.45, 2.75) is 13.3 Å². The van der Waals surface area contributed by atoms with Gasteiger partial charge in [0, 0.05) is 11.3 Å². The van der Waals surface area contributed by atoms with E-state index in [0.29, 0.717) is 28.4 Å². The fraction of sp³-hybridized carbons (Fsp3) is 0.154. The molecule has 162 valence electrons. The summed E-state index contributed by atoms with van der Waals surface area (Å²) in [6, 6.07) is 21.9. The van der Waals surface area contributed by atoms with E-state index in [1.807, 2.05) is 36.4 Å². The number of carbonyl (C=O) groups is 2. The Bertz CT molecular complexity index is 1200. The normalized spacial score (nSPS) is 13.5. The molecule has 0 unspecified atom stereocenters. The van der Waals surface area contributed by atoms with Gasteiger partial charge >= 0.3 is 0 Å². The highest BCUT2D eigenvalue weighted by Crippen LogP contribution is 2.40. The molecule has 1 aliphatic heterocycles. The highest BCUT2D eigenvalue weighted by molar-refractivity contribution is 6.46. The van der Waals surface area contributed by atoms with Crippen molar-refractivity contribution >= 4 is 28.8 Å². The van der Waals surface area contributed by atoms with Gasteiger partial charge in [0.25, 0.3) is 11.8 Å². The SMILES string of the molecule is CCc1ccc(NC2=C(c3ccccc3OC)C(=O)N(c3ccccc3OC)C2=O)cc1. The largest absolute Gasteiger partial charge is 0.496 e. The first-order chi connectivity index (χ1) is 15.6. The lowest BCUT2D eigenvalue weighted by Gasteiger charge is -2.18. The highest BCUT2D eigenvalue weighted by Gasteiger charge is 2.42. The van der Waals surface area contributed by atoms with Crippen LogP contribution < -0.4 is 19.7 Å². The molecule has 3 aromatic rings. The molecule has 0 spiro atoms. The summed E-state index contributed by atoms with van der Waals surface area (Å²) in [5.74, 6) is 0.0323. The zero-order valence-electron chi connectivity index (χ0n) is 18.2. The van der Waals surface area contributed by atoms with Crippen molar-refractivity contribution in [3.05, 3.63) is 89.6 Å². The van der Waals surface area contributed by atoms with Crippen LogP contribution in [0.4, 0.5) is 11.4 Å². The third kappa shape index (κ3) is 3.71. The van der Waals surface area contributed by atoms with Crippen molar-refractivity contribution in [2.75, 3.05) is 24.4 Å². The number of methoxy groups -OCH3 is 2. The minimum atomic E-state index is -0.458. The van der Waals surface area contributed by atoms with Crippen molar-refractivity contribution in [1.82, 2.24) is 0 Å². The van der Waals surface area contributed by atoms with E-state index in [9.17, 15) is 9.59 Å². The number of rotatable bonds is 7. The van der Waals surface area contributed by atoms with E-state index in [4.69, 9.17) is 9.47 Å². The number of ether oxygens (including phenoxy) is 2. The van der Waals surface area contributed by atoms with Gasteiger partial charge in [-0.15, -0.1) is 0 Å². The molecule has 2 amide bonds. The smallest absolute Gasteiger partial charge is 0.282 e. The predicted octanol–water partition coefficient (Wildman–Crippen LogP) is 4.66. The molecular formula is C26H24N2O4. The molecular weight excluding hydrogens is 404 g/mol. The monoisotopic (exact) mass is 428 g/mol. The fourth-order valence-corrected chi connectivity index (χ4v) is 3.75. The lowest BCUT2D eigenvalue weighted by molar-refractivity contribution is -0.120. The third-order valence-electron chi connectivity index (χ3n) is 5.42. The van der Waals surface area contributed by atoms with Gasteiger partial charge in [0.2, 0.25) is 0 Å². The van der Waals surface area contributed by atoms with Crippen molar-refractivity contribution in [1.29, 1.82) is 0 Å². The molecule has 1 heterocycles. The van der Waals surface area contributed by atoms with Gasteiger partial charge in [0.1, 0.15) is 17.2 Å². The van der Waals surface area contributed by atoms with Gasteiger partial charge in [-0.25, -0.2) is 4.90 Å². The summed E-state index contributed by atoms with van der Waals surface area (Å²) in [7, 11) is 3.04. The Morgan fingerprint density at radius 1 is 0.781 bits per heavy atom. The molecule has 0 saturated heterocycles. The molecule has 1 N–H and O–H groups in total. The zero-order valence-corrected chi connectivity index (χ0v) is 18.2. The maximum absolute atomic E-state index is 13.7. The van der Waals surface area contributed by atoms with Crippen LogP contribution in [0, 0.1) is 0 Å². The topological polar surface area (TPSA) is 67.9 Å². The number of nitrogens with zero attached hydrogens (tertiary/aromatic N) is 1. The van der Waals surface area contributed by atoms with Crippen molar-refractivity contribution in [3.8, 4) is 11.5 Å². The summed E-state index contributed by atoms with van der Waals surface area (Å²) in [5, 5.41) is 3.18. The molecule has 0 aliphatic carbocycles. The van der Waals surface area contributed by atoms with Gasteiger partial charge in [-0.1, -0.05) is 49.4 Å². The Balaban J connectivity index is 1.85. The molecule has 0 saturated carbocycles. The molecule has 0 radical (unpaired) electrons. The van der Waals surface area contributed by atoms with Crippen LogP contribution in [0.25, 0.3) is 5.57 Å². The second-order valence-electron chi connectivity index (χ2n) is 7.24. The summed E-state index contributed by atoms with van der Waals surface area (Å²) < 4.78 is 10.9. The van der Waals surface area contributed by atoms with Crippen molar-refractivity contribution < 1.29 is 19.1 Å². The Kier molecular flexibility index (Phi) is 5.94. The van der Waals surface area contributed by atoms with Crippen LogP contribution in [0.15, 0.2) is 78.5 Å². The molecule has 0 atom stereocenters. The number of carbonyl (C=O) groups excluding carboxylic acids is 2. The second kappa shape index (κ2) is 8.98. The minimum absolute atomic E-state index is 0.189. The fourth-order valence-electron chi connectivity index (χ4n) is 3.75. The Morgan fingerprint density at radius 2 is 1.41 bits per heavy atom. The van der Waals surface area contributed by atoms with Crippen LogP contribution in [-0.4, -0.2) is 26.0 Å². The van der Waals surface area contributed by atoms with Gasteiger partial charge in [-0.2, -0.15) is 0 Å². The Labute approximate surface area is 187 Å². The van der Waals surface area contributed by atoms with E-state index in [0.717, 1.165) is 11.3 Å². The molecule has 6 heteroatoms. The van der Waals surface area contributed by atoms with E-state index in [1.54, 1.807) is 36.4 Å². The molecule has 1 aliphatic rings. The summed E-state index contributed by atoms with van der Waals surface area (Å²) in [5.41, 5.74) is 3.26. The third-order valence-corrected chi connectivity index (χ3v) is 5.42.